The van der Waals surface area contributed by atoms with E-state index in [0.717, 1.165) is 38.8 Å². The first kappa shape index (κ1) is 14.9. The minimum atomic E-state index is -0.266. The fourth-order valence-electron chi connectivity index (χ4n) is 1.22. The average Bonchev–Trinajstić information content (AvgIpc) is 2.23. The Labute approximate surface area is 97.2 Å². The van der Waals surface area contributed by atoms with E-state index in [4.69, 9.17) is 5.73 Å². The number of carbonyl (C=O) groups excluding carboxylic acids is 2. The lowest BCUT2D eigenvalue weighted by Gasteiger charge is -2.05. The predicted molar refractivity (Wildman–Crippen MR) is 63.8 cm³/mol. The Kier molecular flexibility index (Phi) is 9.70. The Morgan fingerprint density at radius 2 is 1.88 bits per heavy atom. The molecule has 0 bridgehead atoms. The summed E-state index contributed by atoms with van der Waals surface area (Å²) in [6, 6.07) is 0. The van der Waals surface area contributed by atoms with Crippen molar-refractivity contribution in [2.75, 3.05) is 19.6 Å². The number of carbonyl (C=O) groups is 2. The van der Waals surface area contributed by atoms with Crippen LogP contribution in [0.25, 0.3) is 0 Å². The summed E-state index contributed by atoms with van der Waals surface area (Å²) in [7, 11) is 0. The van der Waals surface area contributed by atoms with Gasteiger partial charge in [0.25, 0.3) is 0 Å². The zero-order chi connectivity index (χ0) is 12.2. The number of unbranched alkanes of at least 4 members (excludes halogenated alkanes) is 2. The maximum absolute atomic E-state index is 11.2. The second kappa shape index (κ2) is 10.4. The first-order valence-corrected chi connectivity index (χ1v) is 5.92. The van der Waals surface area contributed by atoms with Gasteiger partial charge >= 0.3 is 0 Å². The minimum Gasteiger partial charge on any atom is -0.370 e. The first-order chi connectivity index (χ1) is 7.66. The number of hydrogen-bond donors (Lipinski definition) is 3. The van der Waals surface area contributed by atoms with Crippen LogP contribution in [0.3, 0.4) is 0 Å². The third-order valence-electron chi connectivity index (χ3n) is 2.16. The molecule has 5 nitrogen and oxygen atoms in total. The molecule has 0 heterocycles. The Morgan fingerprint density at radius 1 is 1.12 bits per heavy atom. The fourth-order valence-corrected chi connectivity index (χ4v) is 1.22. The summed E-state index contributed by atoms with van der Waals surface area (Å²) >= 11 is 0. The van der Waals surface area contributed by atoms with Crippen LogP contribution in [0.1, 0.15) is 39.0 Å². The maximum Gasteiger partial charge on any atom is 0.233 e. The van der Waals surface area contributed by atoms with Gasteiger partial charge in [-0.1, -0.05) is 13.3 Å². The normalized spacial score (nSPS) is 10.1. The molecule has 0 aliphatic rings. The smallest absolute Gasteiger partial charge is 0.233 e. The molecular formula is C11H23N3O2. The van der Waals surface area contributed by atoms with Crippen molar-refractivity contribution in [1.82, 2.24) is 10.6 Å². The van der Waals surface area contributed by atoms with E-state index < -0.39 is 0 Å². The van der Waals surface area contributed by atoms with Gasteiger partial charge in [0, 0.05) is 13.0 Å². The van der Waals surface area contributed by atoms with Crippen molar-refractivity contribution in [2.24, 2.45) is 5.73 Å². The van der Waals surface area contributed by atoms with Crippen LogP contribution in [0.5, 0.6) is 0 Å². The van der Waals surface area contributed by atoms with Gasteiger partial charge in [-0.15, -0.1) is 0 Å². The van der Waals surface area contributed by atoms with E-state index in [2.05, 4.69) is 17.6 Å². The lowest BCUT2D eigenvalue weighted by Crippen LogP contribution is -2.34. The van der Waals surface area contributed by atoms with E-state index in [9.17, 15) is 9.59 Å². The van der Waals surface area contributed by atoms with Gasteiger partial charge in [-0.3, -0.25) is 9.59 Å². The van der Waals surface area contributed by atoms with Crippen LogP contribution in [0, 0.1) is 0 Å². The molecular weight excluding hydrogens is 206 g/mol. The van der Waals surface area contributed by atoms with Crippen LogP contribution in [0.2, 0.25) is 0 Å². The molecule has 0 unspecified atom stereocenters. The van der Waals surface area contributed by atoms with Crippen LogP contribution >= 0.6 is 0 Å². The van der Waals surface area contributed by atoms with Crippen molar-refractivity contribution in [2.45, 2.75) is 39.0 Å². The highest BCUT2D eigenvalue weighted by Gasteiger charge is 1.99. The van der Waals surface area contributed by atoms with Crippen molar-refractivity contribution in [3.05, 3.63) is 0 Å². The highest BCUT2D eigenvalue weighted by Crippen LogP contribution is 1.91. The molecule has 0 aliphatic heterocycles. The van der Waals surface area contributed by atoms with Crippen LogP contribution in [-0.2, 0) is 9.59 Å². The number of nitrogens with two attached hydrogens (primary N) is 1. The molecule has 0 aliphatic carbocycles. The summed E-state index contributed by atoms with van der Waals surface area (Å²) in [6.07, 6.45) is 4.17. The van der Waals surface area contributed by atoms with Gasteiger partial charge in [0.05, 0.1) is 6.54 Å². The summed E-state index contributed by atoms with van der Waals surface area (Å²) < 4.78 is 0. The predicted octanol–water partition coefficient (Wildman–Crippen LogP) is 0.148. The number of nitrogens with one attached hydrogen (secondary N) is 2. The third-order valence-corrected chi connectivity index (χ3v) is 2.16. The van der Waals surface area contributed by atoms with Crippen LogP contribution in [-0.4, -0.2) is 31.4 Å². The highest BCUT2D eigenvalue weighted by atomic mass is 16.2. The quantitative estimate of drug-likeness (QED) is 0.466. The zero-order valence-corrected chi connectivity index (χ0v) is 10.1. The van der Waals surface area contributed by atoms with Gasteiger partial charge < -0.3 is 16.4 Å². The number of amides is 2. The lowest BCUT2D eigenvalue weighted by molar-refractivity contribution is -0.120. The van der Waals surface area contributed by atoms with Crippen molar-refractivity contribution in [3.63, 3.8) is 0 Å². The van der Waals surface area contributed by atoms with Crippen molar-refractivity contribution in [3.8, 4) is 0 Å². The van der Waals surface area contributed by atoms with Crippen molar-refractivity contribution >= 4 is 11.8 Å². The molecule has 0 spiro atoms. The summed E-state index contributed by atoms with van der Waals surface area (Å²) in [6.45, 7) is 3.93. The van der Waals surface area contributed by atoms with Gasteiger partial charge in [-0.25, -0.2) is 0 Å². The van der Waals surface area contributed by atoms with Crippen LogP contribution < -0.4 is 16.4 Å². The lowest BCUT2D eigenvalue weighted by atomic mass is 10.2. The van der Waals surface area contributed by atoms with E-state index in [0.29, 0.717) is 13.0 Å². The largest absolute Gasteiger partial charge is 0.370 e. The Bertz CT molecular complexity index is 207. The van der Waals surface area contributed by atoms with Crippen molar-refractivity contribution in [1.29, 1.82) is 0 Å². The van der Waals surface area contributed by atoms with E-state index in [-0.39, 0.29) is 11.8 Å². The fraction of sp³-hybridized carbons (Fsp3) is 0.818. The van der Waals surface area contributed by atoms with Gasteiger partial charge in [-0.2, -0.15) is 0 Å². The molecule has 0 radical (unpaired) electrons. The average molecular weight is 229 g/mol. The SMILES string of the molecule is CCCCNC(=O)CNCCCCC(N)=O. The molecule has 16 heavy (non-hydrogen) atoms. The summed E-state index contributed by atoms with van der Waals surface area (Å²) in [5.41, 5.74) is 5.00. The van der Waals surface area contributed by atoms with Gasteiger partial charge in [0.1, 0.15) is 0 Å². The molecule has 5 heteroatoms. The Balaban J connectivity index is 3.18. The highest BCUT2D eigenvalue weighted by molar-refractivity contribution is 5.77. The van der Waals surface area contributed by atoms with E-state index in [1.807, 2.05) is 0 Å². The molecule has 0 saturated carbocycles. The first-order valence-electron chi connectivity index (χ1n) is 5.92. The molecule has 0 atom stereocenters. The molecule has 4 N–H and O–H groups in total. The van der Waals surface area contributed by atoms with Crippen LogP contribution in [0.4, 0.5) is 0 Å². The molecule has 2 amide bonds. The molecule has 0 rings (SSSR count). The number of hydrogen-bond acceptors (Lipinski definition) is 3. The zero-order valence-electron chi connectivity index (χ0n) is 10.1. The monoisotopic (exact) mass is 229 g/mol. The Morgan fingerprint density at radius 3 is 2.50 bits per heavy atom. The van der Waals surface area contributed by atoms with Gasteiger partial charge in [0.2, 0.25) is 11.8 Å². The third kappa shape index (κ3) is 11.0. The Hall–Kier alpha value is -1.10. The summed E-state index contributed by atoms with van der Waals surface area (Å²) in [5.74, 6) is -0.236. The standard InChI is InChI=1S/C11H23N3O2/c1-2-3-8-14-11(16)9-13-7-5-4-6-10(12)15/h13H,2-9H2,1H3,(H2,12,15)(H,14,16). The summed E-state index contributed by atoms with van der Waals surface area (Å²) in [5, 5.41) is 5.84. The van der Waals surface area contributed by atoms with E-state index in [1.54, 1.807) is 0 Å². The maximum atomic E-state index is 11.2. The minimum absolute atomic E-state index is 0.0309. The molecule has 94 valence electrons. The second-order valence-corrected chi connectivity index (χ2v) is 3.80. The topological polar surface area (TPSA) is 84.2 Å². The number of rotatable bonds is 10. The van der Waals surface area contributed by atoms with Crippen LogP contribution in [0.15, 0.2) is 0 Å². The second-order valence-electron chi connectivity index (χ2n) is 3.80. The molecule has 0 aromatic rings. The number of primary amides is 1. The van der Waals surface area contributed by atoms with Gasteiger partial charge in [0.15, 0.2) is 0 Å². The van der Waals surface area contributed by atoms with Gasteiger partial charge in [-0.05, 0) is 25.8 Å². The molecule has 0 saturated heterocycles. The van der Waals surface area contributed by atoms with Crippen molar-refractivity contribution < 1.29 is 9.59 Å². The summed E-state index contributed by atoms with van der Waals surface area (Å²) in [4.78, 5) is 21.6. The molecule has 0 aromatic heterocycles. The molecule has 0 fully saturated rings. The van der Waals surface area contributed by atoms with E-state index >= 15 is 0 Å². The van der Waals surface area contributed by atoms with E-state index in [1.165, 1.54) is 0 Å². The molecule has 0 aromatic carbocycles.